The molecule has 1 aliphatic heterocycles. The van der Waals surface area contributed by atoms with E-state index in [1.165, 1.54) is 50.2 Å². The van der Waals surface area contributed by atoms with Gasteiger partial charge in [0.2, 0.25) is 0 Å². The van der Waals surface area contributed by atoms with Crippen LogP contribution in [-0.2, 0) is 11.2 Å². The summed E-state index contributed by atoms with van der Waals surface area (Å²) >= 11 is 0. The summed E-state index contributed by atoms with van der Waals surface area (Å²) in [5, 5.41) is 5.63. The van der Waals surface area contributed by atoms with Crippen molar-refractivity contribution in [1.29, 1.82) is 0 Å². The number of rotatable bonds is 0. The van der Waals surface area contributed by atoms with Crippen LogP contribution in [-0.4, -0.2) is 6.10 Å². The first-order chi connectivity index (χ1) is 10.4. The molecule has 1 saturated heterocycles. The second kappa shape index (κ2) is 3.37. The highest BCUT2D eigenvalue weighted by Gasteiger charge is 2.44. The maximum Gasteiger partial charge on any atom is 0.109 e. The van der Waals surface area contributed by atoms with E-state index in [2.05, 4.69) is 48.6 Å². The van der Waals surface area contributed by atoms with Gasteiger partial charge in [0.1, 0.15) is 6.10 Å². The lowest BCUT2D eigenvalue weighted by Gasteiger charge is -2.17. The van der Waals surface area contributed by atoms with Gasteiger partial charge in [-0.2, -0.15) is 0 Å². The molecule has 3 aromatic carbocycles. The van der Waals surface area contributed by atoms with E-state index in [1.807, 2.05) is 0 Å². The highest BCUT2D eigenvalue weighted by atomic mass is 16.6. The van der Waals surface area contributed by atoms with Crippen LogP contribution in [0.4, 0.5) is 0 Å². The zero-order chi connectivity index (χ0) is 13.6. The zero-order valence-electron chi connectivity index (χ0n) is 11.6. The molecule has 100 valence electrons. The van der Waals surface area contributed by atoms with Crippen molar-refractivity contribution in [1.82, 2.24) is 0 Å². The van der Waals surface area contributed by atoms with Crippen LogP contribution in [0, 0.1) is 0 Å². The largest absolute Gasteiger partial charge is 0.364 e. The maximum absolute atomic E-state index is 5.79. The van der Waals surface area contributed by atoms with Gasteiger partial charge in [0.25, 0.3) is 0 Å². The van der Waals surface area contributed by atoms with E-state index in [9.17, 15) is 0 Å². The molecule has 0 amide bonds. The summed E-state index contributed by atoms with van der Waals surface area (Å²) in [4.78, 5) is 0. The molecule has 0 saturated carbocycles. The summed E-state index contributed by atoms with van der Waals surface area (Å²) in [7, 11) is 0. The van der Waals surface area contributed by atoms with Gasteiger partial charge in [-0.15, -0.1) is 0 Å². The van der Waals surface area contributed by atoms with Crippen LogP contribution in [0.1, 0.15) is 34.8 Å². The van der Waals surface area contributed by atoms with E-state index in [0.717, 1.165) is 6.42 Å². The molecule has 0 radical (unpaired) electrons. The van der Waals surface area contributed by atoms with Gasteiger partial charge in [-0.3, -0.25) is 0 Å². The van der Waals surface area contributed by atoms with Crippen LogP contribution in [0.3, 0.4) is 0 Å². The van der Waals surface area contributed by atoms with Crippen molar-refractivity contribution in [3.63, 3.8) is 0 Å². The fourth-order valence-corrected chi connectivity index (χ4v) is 4.34. The molecular formula is C20H14O. The Balaban J connectivity index is 1.81. The summed E-state index contributed by atoms with van der Waals surface area (Å²) < 4.78 is 5.79. The second-order valence-corrected chi connectivity index (χ2v) is 6.43. The Morgan fingerprint density at radius 1 is 1.00 bits per heavy atom. The van der Waals surface area contributed by atoms with Gasteiger partial charge >= 0.3 is 0 Å². The average Bonchev–Trinajstić information content (AvgIpc) is 3.20. The van der Waals surface area contributed by atoms with E-state index >= 15 is 0 Å². The minimum absolute atomic E-state index is 0.379. The fourth-order valence-electron chi connectivity index (χ4n) is 4.34. The van der Waals surface area contributed by atoms with Crippen molar-refractivity contribution in [2.75, 3.05) is 0 Å². The molecule has 0 spiro atoms. The van der Waals surface area contributed by atoms with E-state index in [4.69, 9.17) is 4.74 Å². The molecule has 3 aromatic rings. The van der Waals surface area contributed by atoms with Crippen molar-refractivity contribution in [3.05, 3.63) is 58.7 Å². The number of hydrogen-bond donors (Lipinski definition) is 0. The quantitative estimate of drug-likeness (QED) is 0.328. The topological polar surface area (TPSA) is 12.5 Å². The van der Waals surface area contributed by atoms with E-state index in [0.29, 0.717) is 12.2 Å². The Labute approximate surface area is 122 Å². The molecule has 2 atom stereocenters. The monoisotopic (exact) mass is 270 g/mol. The van der Waals surface area contributed by atoms with Crippen LogP contribution < -0.4 is 0 Å². The molecule has 1 heterocycles. The first kappa shape index (κ1) is 10.6. The fraction of sp³-hybridized carbons (Fsp3) is 0.200. The normalized spacial score (nSPS) is 24.4. The van der Waals surface area contributed by atoms with Crippen molar-refractivity contribution < 1.29 is 4.74 Å². The van der Waals surface area contributed by atoms with Gasteiger partial charge < -0.3 is 4.74 Å². The van der Waals surface area contributed by atoms with Crippen LogP contribution in [0.2, 0.25) is 0 Å². The number of hydrogen-bond acceptors (Lipinski definition) is 1. The van der Waals surface area contributed by atoms with Crippen molar-refractivity contribution in [3.8, 4) is 0 Å². The van der Waals surface area contributed by atoms with Crippen LogP contribution in [0.5, 0.6) is 0 Å². The van der Waals surface area contributed by atoms with Gasteiger partial charge in [-0.05, 0) is 62.7 Å². The molecule has 3 aliphatic rings. The SMILES string of the molecule is C1=Cc2c3ccc4c(c3cc3cccc1c23)CCC1OC41. The molecule has 1 nitrogen and oxygen atoms in total. The van der Waals surface area contributed by atoms with Crippen molar-refractivity contribution in [2.45, 2.75) is 25.0 Å². The highest BCUT2D eigenvalue weighted by Crippen LogP contribution is 2.49. The first-order valence-corrected chi connectivity index (χ1v) is 7.75. The Kier molecular flexibility index (Phi) is 1.70. The summed E-state index contributed by atoms with van der Waals surface area (Å²) in [6.45, 7) is 0. The van der Waals surface area contributed by atoms with Crippen molar-refractivity contribution in [2.24, 2.45) is 0 Å². The lowest BCUT2D eigenvalue weighted by atomic mass is 9.85. The molecule has 0 bridgehead atoms. The Morgan fingerprint density at radius 2 is 2.00 bits per heavy atom. The third-order valence-corrected chi connectivity index (χ3v) is 5.38. The predicted molar refractivity (Wildman–Crippen MR) is 86.3 cm³/mol. The molecule has 6 rings (SSSR count). The van der Waals surface area contributed by atoms with Crippen LogP contribution in [0.25, 0.3) is 33.7 Å². The summed E-state index contributed by atoms with van der Waals surface area (Å²) in [5.74, 6) is 0. The van der Waals surface area contributed by atoms with E-state index in [1.54, 1.807) is 0 Å². The predicted octanol–water partition coefficient (Wildman–Crippen LogP) is 4.86. The lowest BCUT2D eigenvalue weighted by Crippen LogP contribution is -2.05. The van der Waals surface area contributed by atoms with Crippen LogP contribution in [0.15, 0.2) is 36.4 Å². The molecule has 21 heavy (non-hydrogen) atoms. The molecule has 2 aliphatic carbocycles. The van der Waals surface area contributed by atoms with Gasteiger partial charge in [0.15, 0.2) is 0 Å². The van der Waals surface area contributed by atoms with Gasteiger partial charge in [0.05, 0.1) is 6.10 Å². The molecule has 0 aromatic heterocycles. The number of epoxide rings is 1. The standard InChI is InChI=1S/C20H14O/c1-2-11-4-5-15-13-6-7-16-14(8-9-18-20(16)21-18)17(13)10-12(3-1)19(11)15/h1-7,10,18,20H,8-9H2. The molecule has 2 unspecified atom stereocenters. The molecular weight excluding hydrogens is 256 g/mol. The lowest BCUT2D eigenvalue weighted by molar-refractivity contribution is 0.373. The van der Waals surface area contributed by atoms with Crippen molar-refractivity contribution >= 4 is 33.7 Å². The molecule has 1 fully saturated rings. The summed E-state index contributed by atoms with van der Waals surface area (Å²) in [6, 6.07) is 13.6. The van der Waals surface area contributed by atoms with Gasteiger partial charge in [-0.1, -0.05) is 42.5 Å². The maximum atomic E-state index is 5.79. The van der Waals surface area contributed by atoms with E-state index in [-0.39, 0.29) is 0 Å². The Morgan fingerprint density at radius 3 is 3.00 bits per heavy atom. The third kappa shape index (κ3) is 1.22. The second-order valence-electron chi connectivity index (χ2n) is 6.43. The Bertz CT molecular complexity index is 980. The highest BCUT2D eigenvalue weighted by molar-refractivity contribution is 6.15. The zero-order valence-corrected chi connectivity index (χ0v) is 11.6. The number of benzene rings is 3. The summed E-state index contributed by atoms with van der Waals surface area (Å²) in [5.41, 5.74) is 5.71. The van der Waals surface area contributed by atoms with E-state index < -0.39 is 0 Å². The van der Waals surface area contributed by atoms with Gasteiger partial charge in [-0.25, -0.2) is 0 Å². The minimum Gasteiger partial charge on any atom is -0.364 e. The average molecular weight is 270 g/mol. The smallest absolute Gasteiger partial charge is 0.109 e. The Hall–Kier alpha value is -2.12. The minimum atomic E-state index is 0.379. The summed E-state index contributed by atoms with van der Waals surface area (Å²) in [6.07, 6.45) is 7.74. The van der Waals surface area contributed by atoms with Gasteiger partial charge in [0, 0.05) is 0 Å². The van der Waals surface area contributed by atoms with Crippen LogP contribution >= 0.6 is 0 Å². The number of ether oxygens (including phenoxy) is 1. The first-order valence-electron chi connectivity index (χ1n) is 7.75. The third-order valence-electron chi connectivity index (χ3n) is 5.38. The molecule has 1 heteroatoms. The molecule has 0 N–H and O–H groups in total. The number of aryl methyl sites for hydroxylation is 1. The number of fused-ring (bicyclic) bond motifs is 6.